The fraction of sp³-hybridized carbons (Fsp3) is 0.346. The Balaban J connectivity index is 1.58. The highest BCUT2D eigenvalue weighted by Crippen LogP contribution is 2.40. The van der Waals surface area contributed by atoms with Crippen molar-refractivity contribution in [2.24, 2.45) is 0 Å². The number of H-pyrrole nitrogens is 1. The molecule has 0 aromatic carbocycles. The minimum atomic E-state index is -0.487. The van der Waals surface area contributed by atoms with Gasteiger partial charge in [-0.15, -0.1) is 0 Å². The Labute approximate surface area is 208 Å². The maximum atomic E-state index is 12.3. The molecule has 1 aliphatic rings. The van der Waals surface area contributed by atoms with Gasteiger partial charge in [0.2, 0.25) is 5.91 Å². The number of aromatic nitrogens is 6. The Morgan fingerprint density at radius 3 is 2.56 bits per heavy atom. The van der Waals surface area contributed by atoms with Crippen molar-refractivity contribution in [2.75, 3.05) is 12.3 Å². The number of imidazole rings is 1. The van der Waals surface area contributed by atoms with Crippen LogP contribution < -0.4 is 5.73 Å². The molecule has 0 saturated carbocycles. The minimum Gasteiger partial charge on any atom is -0.387 e. The van der Waals surface area contributed by atoms with Crippen LogP contribution in [0.1, 0.15) is 50.8 Å². The molecule has 4 aromatic heterocycles. The van der Waals surface area contributed by atoms with Crippen molar-refractivity contribution in [1.29, 1.82) is 0 Å². The smallest absolute Gasteiger partial charge is 0.248 e. The molecule has 1 amide bonds. The number of carbonyl (C=O) groups is 1. The van der Waals surface area contributed by atoms with Crippen LogP contribution in [0.4, 0.5) is 5.82 Å². The van der Waals surface area contributed by atoms with Crippen molar-refractivity contribution in [3.63, 3.8) is 0 Å². The number of likely N-dealkylation sites (tertiary alicyclic amines) is 1. The van der Waals surface area contributed by atoms with Gasteiger partial charge in [-0.2, -0.15) is 9.61 Å². The number of rotatable bonds is 5. The van der Waals surface area contributed by atoms with Crippen LogP contribution in [0.15, 0.2) is 43.5 Å². The number of hydrogen-bond acceptors (Lipinski definition) is 7. The van der Waals surface area contributed by atoms with Crippen LogP contribution in [-0.4, -0.2) is 64.2 Å². The topological polar surface area (TPSA) is 138 Å². The monoisotopic (exact) mass is 486 g/mol. The van der Waals surface area contributed by atoms with Crippen LogP contribution in [0.25, 0.3) is 33.9 Å². The highest BCUT2D eigenvalue weighted by atomic mass is 16.3. The highest BCUT2D eigenvalue weighted by Gasteiger charge is 2.36. The van der Waals surface area contributed by atoms with Gasteiger partial charge in [0.05, 0.1) is 11.9 Å². The summed E-state index contributed by atoms with van der Waals surface area (Å²) < 4.78 is 1.65. The van der Waals surface area contributed by atoms with E-state index in [0.29, 0.717) is 30.1 Å². The number of aliphatic hydroxyl groups excluding tert-OH is 1. The molecule has 0 bridgehead atoms. The Morgan fingerprint density at radius 2 is 1.97 bits per heavy atom. The molecule has 0 radical (unpaired) electrons. The van der Waals surface area contributed by atoms with Crippen LogP contribution in [0, 0.1) is 0 Å². The average molecular weight is 487 g/mol. The van der Waals surface area contributed by atoms with Crippen molar-refractivity contribution >= 4 is 22.9 Å². The molecule has 5 rings (SSSR count). The second kappa shape index (κ2) is 9.19. The summed E-state index contributed by atoms with van der Waals surface area (Å²) in [6.45, 7) is 9.61. The number of aliphatic hydroxyl groups is 1. The second-order valence-electron chi connectivity index (χ2n) is 9.53. The van der Waals surface area contributed by atoms with Crippen molar-refractivity contribution < 1.29 is 9.90 Å². The number of pyridine rings is 1. The maximum absolute atomic E-state index is 12.3. The zero-order valence-corrected chi connectivity index (χ0v) is 20.6. The van der Waals surface area contributed by atoms with E-state index in [2.05, 4.69) is 26.6 Å². The SMILES string of the molecule is C=C(C)c1c(C2CC(C)N(C(=O)CO)C(C)C2)nc2c(-c3ccc(-c4ncc[nH]4)nc3)cnn2c1N. The van der Waals surface area contributed by atoms with Crippen LogP contribution in [-0.2, 0) is 4.79 Å². The highest BCUT2D eigenvalue weighted by molar-refractivity contribution is 5.82. The van der Waals surface area contributed by atoms with Gasteiger partial charge in [0, 0.05) is 53.3 Å². The molecule has 36 heavy (non-hydrogen) atoms. The largest absolute Gasteiger partial charge is 0.387 e. The molecule has 1 fully saturated rings. The molecule has 5 heterocycles. The Morgan fingerprint density at radius 1 is 1.22 bits per heavy atom. The first-order valence-corrected chi connectivity index (χ1v) is 12.0. The molecule has 1 aliphatic heterocycles. The first-order chi connectivity index (χ1) is 17.3. The van der Waals surface area contributed by atoms with Crippen LogP contribution in [0.3, 0.4) is 0 Å². The third-order valence-electron chi connectivity index (χ3n) is 6.96. The predicted molar refractivity (Wildman–Crippen MR) is 138 cm³/mol. The van der Waals surface area contributed by atoms with E-state index >= 15 is 0 Å². The Kier molecular flexibility index (Phi) is 6.05. The van der Waals surface area contributed by atoms with Crippen molar-refractivity contribution in [2.45, 2.75) is 51.6 Å². The molecule has 1 saturated heterocycles. The molecular formula is C26H30N8O2. The zero-order valence-electron chi connectivity index (χ0n) is 20.6. The summed E-state index contributed by atoms with van der Waals surface area (Å²) in [6, 6.07) is 3.79. The number of carbonyl (C=O) groups excluding carboxylic acids is 1. The summed E-state index contributed by atoms with van der Waals surface area (Å²) >= 11 is 0. The van der Waals surface area contributed by atoms with Crippen LogP contribution >= 0.6 is 0 Å². The average Bonchev–Trinajstić information content (AvgIpc) is 3.54. The molecule has 10 nitrogen and oxygen atoms in total. The van der Waals surface area contributed by atoms with Gasteiger partial charge in [0.25, 0.3) is 0 Å². The van der Waals surface area contributed by atoms with E-state index in [1.54, 1.807) is 34.2 Å². The quantitative estimate of drug-likeness (QED) is 0.393. The number of nitrogens with one attached hydrogen (secondary N) is 1. The molecule has 4 N–H and O–H groups in total. The summed E-state index contributed by atoms with van der Waals surface area (Å²) in [6.07, 6.45) is 8.40. The summed E-state index contributed by atoms with van der Waals surface area (Å²) in [5.41, 5.74) is 12.2. The number of nitrogens with two attached hydrogens (primary N) is 1. The Bertz CT molecular complexity index is 1410. The second-order valence-corrected chi connectivity index (χ2v) is 9.53. The van der Waals surface area contributed by atoms with Crippen LogP contribution in [0.2, 0.25) is 0 Å². The van der Waals surface area contributed by atoms with Gasteiger partial charge >= 0.3 is 0 Å². The molecule has 10 heteroatoms. The summed E-state index contributed by atoms with van der Waals surface area (Å²) in [5.74, 6) is 1.01. The van der Waals surface area contributed by atoms with Gasteiger partial charge < -0.3 is 20.7 Å². The third-order valence-corrected chi connectivity index (χ3v) is 6.96. The number of piperidine rings is 1. The van der Waals surface area contributed by atoms with Gasteiger partial charge in [0.1, 0.15) is 18.1 Å². The normalized spacial score (nSPS) is 20.1. The number of amides is 1. The van der Waals surface area contributed by atoms with Crippen molar-refractivity contribution in [1.82, 2.24) is 34.4 Å². The standard InChI is InChI=1S/C26H30N8O2/c1-14(2)22-23(18-9-15(3)33(16(4)10-18)21(36)13-35)32-26-19(12-31-34(26)24(22)27)17-5-6-20(30-11-17)25-28-7-8-29-25/h5-8,11-12,15-16,18,35H,1,9-10,13,27H2,2-4H3,(H,28,29). The van der Waals surface area contributed by atoms with E-state index in [-0.39, 0.29) is 23.9 Å². The van der Waals surface area contributed by atoms with Crippen molar-refractivity contribution in [3.05, 3.63) is 54.8 Å². The fourth-order valence-corrected chi connectivity index (χ4v) is 5.45. The molecular weight excluding hydrogens is 456 g/mol. The molecule has 0 aliphatic carbocycles. The molecule has 2 unspecified atom stereocenters. The van der Waals surface area contributed by atoms with E-state index < -0.39 is 6.61 Å². The van der Waals surface area contributed by atoms with Crippen molar-refractivity contribution in [3.8, 4) is 22.6 Å². The van der Waals surface area contributed by atoms with E-state index in [4.69, 9.17) is 10.7 Å². The number of nitrogen functional groups attached to an aromatic ring is 1. The molecule has 186 valence electrons. The number of hydrogen-bond donors (Lipinski definition) is 3. The Hall–Kier alpha value is -4.05. The third kappa shape index (κ3) is 3.93. The molecule has 0 spiro atoms. The number of aromatic amines is 1. The maximum Gasteiger partial charge on any atom is 0.248 e. The lowest BCUT2D eigenvalue weighted by Crippen LogP contribution is -2.50. The summed E-state index contributed by atoms with van der Waals surface area (Å²) in [4.78, 5) is 31.1. The van der Waals surface area contributed by atoms with E-state index in [0.717, 1.165) is 33.7 Å². The minimum absolute atomic E-state index is 0.0432. The van der Waals surface area contributed by atoms with Gasteiger partial charge in [0.15, 0.2) is 11.5 Å². The number of nitrogens with zero attached hydrogens (tertiary/aromatic N) is 6. The number of allylic oxidation sites excluding steroid dienone is 1. The van der Waals surface area contributed by atoms with Gasteiger partial charge in [-0.3, -0.25) is 9.78 Å². The van der Waals surface area contributed by atoms with E-state index in [9.17, 15) is 9.90 Å². The van der Waals surface area contributed by atoms with Crippen LogP contribution in [0.5, 0.6) is 0 Å². The van der Waals surface area contributed by atoms with Gasteiger partial charge in [-0.05, 0) is 45.3 Å². The van der Waals surface area contributed by atoms with E-state index in [1.165, 1.54) is 0 Å². The van der Waals surface area contributed by atoms with Gasteiger partial charge in [-0.1, -0.05) is 12.6 Å². The van der Waals surface area contributed by atoms with Gasteiger partial charge in [-0.25, -0.2) is 9.97 Å². The first-order valence-electron chi connectivity index (χ1n) is 12.0. The predicted octanol–water partition coefficient (Wildman–Crippen LogP) is 3.27. The lowest BCUT2D eigenvalue weighted by atomic mass is 9.82. The zero-order chi connectivity index (χ0) is 25.6. The lowest BCUT2D eigenvalue weighted by molar-refractivity contribution is -0.140. The fourth-order valence-electron chi connectivity index (χ4n) is 5.45. The summed E-state index contributed by atoms with van der Waals surface area (Å²) in [5, 5.41) is 13.9. The van der Waals surface area contributed by atoms with E-state index in [1.807, 2.05) is 32.9 Å². The number of anilines is 1. The summed E-state index contributed by atoms with van der Waals surface area (Å²) in [7, 11) is 0. The molecule has 2 atom stereocenters. The first kappa shape index (κ1) is 23.7. The molecule has 4 aromatic rings. The number of fused-ring (bicyclic) bond motifs is 1. The lowest BCUT2D eigenvalue weighted by Gasteiger charge is -2.42.